The molecule has 260 valence electrons. The highest BCUT2D eigenvalue weighted by atomic mass is 16.6. The monoisotopic (exact) mass is 664 g/mol. The van der Waals surface area contributed by atoms with E-state index in [0.29, 0.717) is 53.2 Å². The third-order valence-electron chi connectivity index (χ3n) is 6.64. The number of benzene rings is 2. The molecule has 0 spiro atoms. The van der Waals surface area contributed by atoms with Gasteiger partial charge < -0.3 is 30.0 Å². The van der Waals surface area contributed by atoms with Gasteiger partial charge in [0.2, 0.25) is 5.91 Å². The minimum absolute atomic E-state index is 0.209. The molecule has 48 heavy (non-hydrogen) atoms. The summed E-state index contributed by atoms with van der Waals surface area (Å²) in [5.41, 5.74) is 0.897. The van der Waals surface area contributed by atoms with Crippen LogP contribution in [0, 0.1) is 0 Å². The molecule has 1 aromatic heterocycles. The van der Waals surface area contributed by atoms with E-state index in [4.69, 9.17) is 9.47 Å². The first-order chi connectivity index (χ1) is 22.5. The number of hydrogen-bond acceptors (Lipinski definition) is 8. The summed E-state index contributed by atoms with van der Waals surface area (Å²) in [5, 5.41) is 5.37. The number of H-pyrrole nitrogens is 1. The second kappa shape index (κ2) is 16.2. The summed E-state index contributed by atoms with van der Waals surface area (Å²) in [6.07, 6.45) is 0.379. The van der Waals surface area contributed by atoms with Gasteiger partial charge in [-0.25, -0.2) is 14.6 Å². The summed E-state index contributed by atoms with van der Waals surface area (Å²) in [5.74, 6) is -0.708. The molecule has 1 heterocycles. The first kappa shape index (κ1) is 37.5. The number of ether oxygens (including phenoxy) is 2. The Labute approximate surface area is 281 Å². The zero-order valence-corrected chi connectivity index (χ0v) is 29.2. The number of hydrogen-bond donors (Lipinski definition) is 3. The molecule has 4 amide bonds. The SMILES string of the molecule is CCCN(CC(=O)Nc1cccc(C(=O)CNC(=O)c2ccc3[nH]c(CN(CCC)C(=O)OC(C)(C)C)nc3c2)c1)C(=O)OC(C)(C)C. The third kappa shape index (κ3) is 11.7. The number of aromatic nitrogens is 2. The Morgan fingerprint density at radius 2 is 1.44 bits per heavy atom. The van der Waals surface area contributed by atoms with Crippen molar-refractivity contribution in [3.63, 3.8) is 0 Å². The van der Waals surface area contributed by atoms with E-state index in [-0.39, 0.29) is 25.4 Å². The number of carbonyl (C=O) groups is 5. The molecule has 13 heteroatoms. The summed E-state index contributed by atoms with van der Waals surface area (Å²) in [4.78, 5) is 74.5. The van der Waals surface area contributed by atoms with Gasteiger partial charge in [0.1, 0.15) is 23.6 Å². The molecule has 0 unspecified atom stereocenters. The van der Waals surface area contributed by atoms with Crippen LogP contribution in [0.2, 0.25) is 0 Å². The van der Waals surface area contributed by atoms with Crippen molar-refractivity contribution in [1.82, 2.24) is 25.1 Å². The van der Waals surface area contributed by atoms with Crippen molar-refractivity contribution in [3.05, 3.63) is 59.4 Å². The lowest BCUT2D eigenvalue weighted by Crippen LogP contribution is -2.41. The molecule has 2 aromatic carbocycles. The molecule has 0 atom stereocenters. The highest BCUT2D eigenvalue weighted by molar-refractivity contribution is 6.04. The lowest BCUT2D eigenvalue weighted by atomic mass is 10.1. The topological polar surface area (TPSA) is 163 Å². The van der Waals surface area contributed by atoms with Gasteiger partial charge in [-0.05, 0) is 84.7 Å². The largest absolute Gasteiger partial charge is 0.444 e. The van der Waals surface area contributed by atoms with Gasteiger partial charge in [0, 0.05) is 29.9 Å². The second-order valence-electron chi connectivity index (χ2n) is 13.5. The van der Waals surface area contributed by atoms with Crippen LogP contribution in [0.1, 0.15) is 94.8 Å². The van der Waals surface area contributed by atoms with Crippen molar-refractivity contribution < 1.29 is 33.4 Å². The predicted octanol–water partition coefficient (Wildman–Crippen LogP) is 5.91. The molecule has 3 aromatic rings. The number of carbonyl (C=O) groups excluding carboxylic acids is 5. The number of nitrogens with zero attached hydrogens (tertiary/aromatic N) is 3. The van der Waals surface area contributed by atoms with Gasteiger partial charge in [-0.15, -0.1) is 0 Å². The Bertz CT molecular complexity index is 1620. The number of aromatic amines is 1. The zero-order chi connectivity index (χ0) is 35.6. The van der Waals surface area contributed by atoms with Crippen LogP contribution in [0.25, 0.3) is 11.0 Å². The molecule has 0 bridgehead atoms. The van der Waals surface area contributed by atoms with Crippen LogP contribution in [0.3, 0.4) is 0 Å². The van der Waals surface area contributed by atoms with Gasteiger partial charge in [0.05, 0.1) is 24.1 Å². The van der Waals surface area contributed by atoms with Gasteiger partial charge in [0.25, 0.3) is 5.91 Å². The number of imidazole rings is 1. The highest BCUT2D eigenvalue weighted by Crippen LogP contribution is 2.18. The highest BCUT2D eigenvalue weighted by Gasteiger charge is 2.25. The van der Waals surface area contributed by atoms with E-state index in [1.165, 1.54) is 11.0 Å². The van der Waals surface area contributed by atoms with Gasteiger partial charge in [-0.2, -0.15) is 0 Å². The number of nitrogens with one attached hydrogen (secondary N) is 3. The van der Waals surface area contributed by atoms with E-state index < -0.39 is 35.2 Å². The number of ketones is 1. The summed E-state index contributed by atoms with van der Waals surface area (Å²) < 4.78 is 10.9. The molecule has 3 rings (SSSR count). The van der Waals surface area contributed by atoms with Gasteiger partial charge in [-0.3, -0.25) is 19.3 Å². The van der Waals surface area contributed by atoms with Crippen LogP contribution in [0.5, 0.6) is 0 Å². The molecule has 3 N–H and O–H groups in total. The number of anilines is 1. The quantitative estimate of drug-likeness (QED) is 0.190. The van der Waals surface area contributed by atoms with Crippen LogP contribution in [0.15, 0.2) is 42.5 Å². The number of fused-ring (bicyclic) bond motifs is 1. The van der Waals surface area contributed by atoms with E-state index in [0.717, 1.165) is 6.42 Å². The van der Waals surface area contributed by atoms with Crippen molar-refractivity contribution in [2.24, 2.45) is 0 Å². The third-order valence-corrected chi connectivity index (χ3v) is 6.64. The van der Waals surface area contributed by atoms with Crippen LogP contribution < -0.4 is 10.6 Å². The Balaban J connectivity index is 1.60. The molecule has 0 saturated heterocycles. The van der Waals surface area contributed by atoms with Gasteiger partial charge >= 0.3 is 12.2 Å². The Kier molecular flexibility index (Phi) is 12.7. The lowest BCUT2D eigenvalue weighted by Gasteiger charge is -2.26. The smallest absolute Gasteiger partial charge is 0.410 e. The maximum atomic E-state index is 13.0. The zero-order valence-electron chi connectivity index (χ0n) is 29.2. The Morgan fingerprint density at radius 3 is 2.06 bits per heavy atom. The van der Waals surface area contributed by atoms with Crippen LogP contribution in [-0.2, 0) is 20.8 Å². The van der Waals surface area contributed by atoms with Crippen LogP contribution in [0.4, 0.5) is 15.3 Å². The minimum atomic E-state index is -0.695. The molecular formula is C35H48N6O7. The van der Waals surface area contributed by atoms with E-state index in [2.05, 4.69) is 20.6 Å². The molecule has 0 radical (unpaired) electrons. The molecule has 13 nitrogen and oxygen atoms in total. The van der Waals surface area contributed by atoms with Crippen molar-refractivity contribution in [2.45, 2.75) is 86.0 Å². The summed E-state index contributed by atoms with van der Waals surface area (Å²) in [6, 6.07) is 11.3. The maximum Gasteiger partial charge on any atom is 0.410 e. The summed E-state index contributed by atoms with van der Waals surface area (Å²) in [7, 11) is 0. The number of amides is 4. The Hall–Kier alpha value is -4.94. The van der Waals surface area contributed by atoms with Crippen molar-refractivity contribution >= 4 is 46.5 Å². The lowest BCUT2D eigenvalue weighted by molar-refractivity contribution is -0.117. The van der Waals surface area contributed by atoms with Crippen LogP contribution >= 0.6 is 0 Å². The first-order valence-electron chi connectivity index (χ1n) is 16.1. The van der Waals surface area contributed by atoms with Crippen molar-refractivity contribution in [2.75, 3.05) is 31.5 Å². The maximum absolute atomic E-state index is 13.0. The molecule has 0 aliphatic rings. The summed E-state index contributed by atoms with van der Waals surface area (Å²) in [6.45, 7) is 15.1. The fourth-order valence-electron chi connectivity index (χ4n) is 4.63. The normalized spacial score (nSPS) is 11.5. The van der Waals surface area contributed by atoms with Gasteiger partial charge in [-0.1, -0.05) is 26.0 Å². The van der Waals surface area contributed by atoms with Crippen molar-refractivity contribution in [3.8, 4) is 0 Å². The second-order valence-corrected chi connectivity index (χ2v) is 13.5. The predicted molar refractivity (Wildman–Crippen MR) is 183 cm³/mol. The standard InChI is InChI=1S/C35H48N6O7/c1-9-16-40(32(45)47-34(3,4)5)21-29-38-26-15-14-24(19-27(26)39-29)31(44)36-20-28(42)23-12-11-13-25(18-23)37-30(43)22-41(17-10-2)33(46)48-35(6,7)8/h11-15,18-19H,9-10,16-17,20-22H2,1-8H3,(H,36,44)(H,37,43)(H,38,39). The van der Waals surface area contributed by atoms with E-state index in [1.807, 2.05) is 34.6 Å². The van der Waals surface area contributed by atoms with E-state index in [1.54, 1.807) is 62.1 Å². The average molecular weight is 665 g/mol. The molecule has 0 saturated carbocycles. The van der Waals surface area contributed by atoms with E-state index >= 15 is 0 Å². The number of rotatable bonds is 13. The molecular weight excluding hydrogens is 616 g/mol. The first-order valence-corrected chi connectivity index (χ1v) is 16.1. The Morgan fingerprint density at radius 1 is 0.812 bits per heavy atom. The van der Waals surface area contributed by atoms with E-state index in [9.17, 15) is 24.0 Å². The summed E-state index contributed by atoms with van der Waals surface area (Å²) >= 11 is 0. The average Bonchev–Trinajstić information content (AvgIpc) is 3.39. The number of Topliss-reactive ketones (excluding diaryl/α,β-unsaturated/α-hetero) is 1. The fraction of sp³-hybridized carbons (Fsp3) is 0.486. The fourth-order valence-corrected chi connectivity index (χ4v) is 4.63. The van der Waals surface area contributed by atoms with Crippen molar-refractivity contribution in [1.29, 1.82) is 0 Å². The van der Waals surface area contributed by atoms with Gasteiger partial charge in [0.15, 0.2) is 5.78 Å². The van der Waals surface area contributed by atoms with Crippen LogP contribution in [-0.4, -0.2) is 86.9 Å². The minimum Gasteiger partial charge on any atom is -0.444 e. The molecule has 0 aliphatic heterocycles. The molecule has 0 aliphatic carbocycles. The molecule has 0 fully saturated rings.